The second-order valence-corrected chi connectivity index (χ2v) is 4.16. The Kier molecular flexibility index (Phi) is 4.44. The van der Waals surface area contributed by atoms with E-state index in [-0.39, 0.29) is 10.2 Å². The second kappa shape index (κ2) is 5.47. The van der Waals surface area contributed by atoms with E-state index in [1.807, 2.05) is 0 Å². The predicted octanol–water partition coefficient (Wildman–Crippen LogP) is 2.60. The Hall–Kier alpha value is -1.44. The van der Waals surface area contributed by atoms with Crippen molar-refractivity contribution >= 4 is 21.8 Å². The lowest BCUT2D eigenvalue weighted by atomic mass is 10.3. The number of amides is 1. The Morgan fingerprint density at radius 3 is 2.50 bits per heavy atom. The van der Waals surface area contributed by atoms with Crippen molar-refractivity contribution in [3.63, 3.8) is 0 Å². The number of carbonyl (C=O) groups is 1. The summed E-state index contributed by atoms with van der Waals surface area (Å²) < 4.78 is 44.9. The summed E-state index contributed by atoms with van der Waals surface area (Å²) in [5.41, 5.74) is 4.99. The molecular formula is C10H9BrF3NO3. The Morgan fingerprint density at radius 1 is 1.44 bits per heavy atom. The van der Waals surface area contributed by atoms with Gasteiger partial charge in [0.15, 0.2) is 6.10 Å². The van der Waals surface area contributed by atoms with Crippen LogP contribution in [-0.4, -0.2) is 18.4 Å². The molecule has 2 N–H and O–H groups in total. The number of ether oxygens (including phenoxy) is 2. The predicted molar refractivity (Wildman–Crippen MR) is 60.1 cm³/mol. The van der Waals surface area contributed by atoms with Crippen molar-refractivity contribution in [3.8, 4) is 11.5 Å². The first-order chi connectivity index (χ1) is 8.19. The summed E-state index contributed by atoms with van der Waals surface area (Å²) in [5, 5.41) is 0. The fraction of sp³-hybridized carbons (Fsp3) is 0.300. The van der Waals surface area contributed by atoms with Crippen LogP contribution in [0.25, 0.3) is 0 Å². The molecule has 1 rings (SSSR count). The average Bonchev–Trinajstić information content (AvgIpc) is 2.20. The van der Waals surface area contributed by atoms with Crippen LogP contribution in [0.2, 0.25) is 0 Å². The fourth-order valence-electron chi connectivity index (χ4n) is 1.02. The van der Waals surface area contributed by atoms with E-state index in [2.05, 4.69) is 20.7 Å². The summed E-state index contributed by atoms with van der Waals surface area (Å²) in [6, 6.07) is 3.56. The van der Waals surface area contributed by atoms with E-state index in [1.54, 1.807) is 0 Å². The van der Waals surface area contributed by atoms with Gasteiger partial charge in [-0.25, -0.2) is 0 Å². The maximum Gasteiger partial charge on any atom is 0.573 e. The molecule has 100 valence electrons. The quantitative estimate of drug-likeness (QED) is 0.924. The van der Waals surface area contributed by atoms with Crippen molar-refractivity contribution in [2.24, 2.45) is 5.73 Å². The van der Waals surface area contributed by atoms with E-state index < -0.39 is 24.1 Å². The molecule has 0 saturated heterocycles. The first-order valence-corrected chi connectivity index (χ1v) is 5.49. The van der Waals surface area contributed by atoms with Gasteiger partial charge in [0.05, 0.1) is 4.47 Å². The number of benzene rings is 1. The molecule has 0 heterocycles. The third kappa shape index (κ3) is 4.44. The lowest BCUT2D eigenvalue weighted by molar-refractivity contribution is -0.274. The molecule has 0 radical (unpaired) electrons. The summed E-state index contributed by atoms with van der Waals surface area (Å²) in [5.74, 6) is -0.883. The molecule has 1 aromatic carbocycles. The SMILES string of the molecule is CC(Oc1ccc(OC(F)(F)F)c(Br)c1)C(N)=O. The summed E-state index contributed by atoms with van der Waals surface area (Å²) in [7, 11) is 0. The molecule has 0 bridgehead atoms. The molecule has 0 aliphatic carbocycles. The molecule has 0 fully saturated rings. The number of alkyl halides is 3. The topological polar surface area (TPSA) is 61.6 Å². The van der Waals surface area contributed by atoms with Crippen LogP contribution < -0.4 is 15.2 Å². The summed E-state index contributed by atoms with van der Waals surface area (Å²) in [4.78, 5) is 10.8. The summed E-state index contributed by atoms with van der Waals surface area (Å²) >= 11 is 2.91. The molecule has 1 atom stereocenters. The zero-order valence-corrected chi connectivity index (χ0v) is 10.7. The first-order valence-electron chi connectivity index (χ1n) is 4.70. The van der Waals surface area contributed by atoms with Gasteiger partial charge in [0.1, 0.15) is 11.5 Å². The molecule has 1 aromatic rings. The largest absolute Gasteiger partial charge is 0.573 e. The van der Waals surface area contributed by atoms with Crippen LogP contribution in [0.4, 0.5) is 13.2 Å². The number of hydrogen-bond acceptors (Lipinski definition) is 3. The van der Waals surface area contributed by atoms with E-state index in [1.165, 1.54) is 19.1 Å². The maximum atomic E-state index is 12.0. The lowest BCUT2D eigenvalue weighted by Gasteiger charge is -2.14. The number of rotatable bonds is 4. The van der Waals surface area contributed by atoms with Crippen molar-refractivity contribution in [2.45, 2.75) is 19.4 Å². The zero-order valence-electron chi connectivity index (χ0n) is 9.12. The number of hydrogen-bond donors (Lipinski definition) is 1. The van der Waals surface area contributed by atoms with Crippen molar-refractivity contribution in [1.29, 1.82) is 0 Å². The Morgan fingerprint density at radius 2 is 2.06 bits per heavy atom. The molecule has 1 unspecified atom stereocenters. The number of halogens is 4. The highest BCUT2D eigenvalue weighted by molar-refractivity contribution is 9.10. The number of nitrogens with two attached hydrogens (primary N) is 1. The van der Waals surface area contributed by atoms with Crippen molar-refractivity contribution in [2.75, 3.05) is 0 Å². The van der Waals surface area contributed by atoms with E-state index in [4.69, 9.17) is 10.5 Å². The Balaban J connectivity index is 2.83. The molecule has 4 nitrogen and oxygen atoms in total. The van der Waals surface area contributed by atoms with Gasteiger partial charge >= 0.3 is 6.36 Å². The van der Waals surface area contributed by atoms with Gasteiger partial charge in [0.2, 0.25) is 0 Å². The number of primary amides is 1. The smallest absolute Gasteiger partial charge is 0.481 e. The van der Waals surface area contributed by atoms with Crippen LogP contribution in [0.5, 0.6) is 11.5 Å². The van der Waals surface area contributed by atoms with Gasteiger partial charge < -0.3 is 15.2 Å². The minimum Gasteiger partial charge on any atom is -0.481 e. The van der Waals surface area contributed by atoms with E-state index in [0.717, 1.165) is 6.07 Å². The highest BCUT2D eigenvalue weighted by Gasteiger charge is 2.32. The molecule has 0 aliphatic heterocycles. The molecular weight excluding hydrogens is 319 g/mol. The van der Waals surface area contributed by atoms with Gasteiger partial charge in [-0.05, 0) is 41.1 Å². The van der Waals surface area contributed by atoms with Crippen LogP contribution >= 0.6 is 15.9 Å². The average molecular weight is 328 g/mol. The van der Waals surface area contributed by atoms with Gasteiger partial charge in [0.25, 0.3) is 5.91 Å². The minimum absolute atomic E-state index is 0.0500. The molecule has 0 aliphatic rings. The molecule has 0 saturated carbocycles. The first kappa shape index (κ1) is 14.6. The van der Waals surface area contributed by atoms with Crippen molar-refractivity contribution < 1.29 is 27.4 Å². The van der Waals surface area contributed by atoms with E-state index in [0.29, 0.717) is 0 Å². The molecule has 0 aromatic heterocycles. The Labute approximate surface area is 109 Å². The van der Waals surface area contributed by atoms with Crippen molar-refractivity contribution in [3.05, 3.63) is 22.7 Å². The van der Waals surface area contributed by atoms with Gasteiger partial charge in [-0.3, -0.25) is 4.79 Å². The van der Waals surface area contributed by atoms with Gasteiger partial charge in [-0.15, -0.1) is 13.2 Å². The summed E-state index contributed by atoms with van der Waals surface area (Å²) in [6.45, 7) is 1.43. The highest BCUT2D eigenvalue weighted by Crippen LogP contribution is 2.33. The van der Waals surface area contributed by atoms with Gasteiger partial charge in [0, 0.05) is 0 Å². The number of carbonyl (C=O) groups excluding carboxylic acids is 1. The van der Waals surface area contributed by atoms with E-state index in [9.17, 15) is 18.0 Å². The highest BCUT2D eigenvalue weighted by atomic mass is 79.9. The van der Waals surface area contributed by atoms with Gasteiger partial charge in [-0.2, -0.15) is 0 Å². The minimum atomic E-state index is -4.77. The van der Waals surface area contributed by atoms with Crippen LogP contribution in [0.1, 0.15) is 6.92 Å². The van der Waals surface area contributed by atoms with Crippen LogP contribution in [-0.2, 0) is 4.79 Å². The lowest BCUT2D eigenvalue weighted by Crippen LogP contribution is -2.30. The molecule has 1 amide bonds. The molecule has 18 heavy (non-hydrogen) atoms. The maximum absolute atomic E-state index is 12.0. The standard InChI is InChI=1S/C10H9BrF3NO3/c1-5(9(15)16)17-6-2-3-8(7(11)4-6)18-10(12,13)14/h2-5H,1H3,(H2,15,16). The van der Waals surface area contributed by atoms with Gasteiger partial charge in [-0.1, -0.05) is 0 Å². The summed E-state index contributed by atoms with van der Waals surface area (Å²) in [6.07, 6.45) is -5.66. The zero-order chi connectivity index (χ0) is 13.9. The van der Waals surface area contributed by atoms with Crippen LogP contribution in [0.3, 0.4) is 0 Å². The second-order valence-electron chi connectivity index (χ2n) is 3.30. The Bertz CT molecular complexity index is 450. The van der Waals surface area contributed by atoms with E-state index >= 15 is 0 Å². The third-order valence-corrected chi connectivity index (χ3v) is 2.46. The van der Waals surface area contributed by atoms with Crippen molar-refractivity contribution in [1.82, 2.24) is 0 Å². The molecule has 0 spiro atoms. The molecule has 8 heteroatoms. The monoisotopic (exact) mass is 327 g/mol. The van der Waals surface area contributed by atoms with Crippen LogP contribution in [0.15, 0.2) is 22.7 Å². The fourth-order valence-corrected chi connectivity index (χ4v) is 1.46. The normalized spacial score (nSPS) is 12.9. The van der Waals surface area contributed by atoms with Crippen LogP contribution in [0, 0.1) is 0 Å². The third-order valence-electron chi connectivity index (χ3n) is 1.84.